The van der Waals surface area contributed by atoms with Crippen molar-refractivity contribution in [3.63, 3.8) is 0 Å². The van der Waals surface area contributed by atoms with Crippen LogP contribution >= 0.6 is 22.6 Å². The van der Waals surface area contributed by atoms with Crippen LogP contribution in [0.4, 0.5) is 0 Å². The number of hydrazine groups is 1. The molecule has 0 aliphatic heterocycles. The van der Waals surface area contributed by atoms with Crippen molar-refractivity contribution in [2.75, 3.05) is 14.1 Å². The third kappa shape index (κ3) is 3.31. The average molecular weight is 290 g/mol. The summed E-state index contributed by atoms with van der Waals surface area (Å²) in [6.07, 6.45) is 0. The average Bonchev–Trinajstić information content (AvgIpc) is 2.03. The first kappa shape index (κ1) is 10.5. The Balaban J connectivity index is 2.77. The van der Waals surface area contributed by atoms with Crippen molar-refractivity contribution in [2.45, 2.75) is 0 Å². The minimum atomic E-state index is -0.0801. The Labute approximate surface area is 91.2 Å². The molecule has 0 radical (unpaired) electrons. The van der Waals surface area contributed by atoms with Gasteiger partial charge in [-0.05, 0) is 40.8 Å². The van der Waals surface area contributed by atoms with E-state index in [0.29, 0.717) is 5.56 Å². The molecule has 0 aromatic heterocycles. The number of nitrogens with one attached hydrogen (secondary N) is 1. The summed E-state index contributed by atoms with van der Waals surface area (Å²) in [5.74, 6) is -0.0801. The van der Waals surface area contributed by atoms with Gasteiger partial charge < -0.3 is 0 Å². The molecule has 0 aliphatic rings. The lowest BCUT2D eigenvalue weighted by Gasteiger charge is -2.11. The monoisotopic (exact) mass is 290 g/mol. The van der Waals surface area contributed by atoms with Gasteiger partial charge in [0.2, 0.25) is 0 Å². The van der Waals surface area contributed by atoms with Gasteiger partial charge in [-0.15, -0.1) is 0 Å². The first-order chi connectivity index (χ1) is 6.09. The van der Waals surface area contributed by atoms with Crippen molar-refractivity contribution in [1.29, 1.82) is 0 Å². The highest BCUT2D eigenvalue weighted by Crippen LogP contribution is 2.07. The van der Waals surface area contributed by atoms with Crippen LogP contribution < -0.4 is 5.43 Å². The standard InChI is InChI=1S/C9H11IN2O/c1-12(2)11-9(13)7-4-3-5-8(10)6-7/h3-6H,1-2H3,(H,11,13). The Morgan fingerprint density at radius 1 is 1.46 bits per heavy atom. The van der Waals surface area contributed by atoms with Crippen molar-refractivity contribution >= 4 is 28.5 Å². The van der Waals surface area contributed by atoms with Crippen LogP contribution in [-0.4, -0.2) is 25.0 Å². The molecule has 0 saturated carbocycles. The van der Waals surface area contributed by atoms with E-state index in [0.717, 1.165) is 3.57 Å². The van der Waals surface area contributed by atoms with Gasteiger partial charge in [0.25, 0.3) is 5.91 Å². The fourth-order valence-corrected chi connectivity index (χ4v) is 1.44. The lowest BCUT2D eigenvalue weighted by Crippen LogP contribution is -2.36. The van der Waals surface area contributed by atoms with E-state index in [1.54, 1.807) is 25.2 Å². The second kappa shape index (κ2) is 4.57. The molecule has 0 atom stereocenters. The van der Waals surface area contributed by atoms with Crippen LogP contribution in [0.3, 0.4) is 0 Å². The molecule has 13 heavy (non-hydrogen) atoms. The summed E-state index contributed by atoms with van der Waals surface area (Å²) in [5.41, 5.74) is 3.36. The maximum Gasteiger partial charge on any atom is 0.265 e. The highest BCUT2D eigenvalue weighted by molar-refractivity contribution is 14.1. The van der Waals surface area contributed by atoms with E-state index in [2.05, 4.69) is 28.0 Å². The topological polar surface area (TPSA) is 32.3 Å². The van der Waals surface area contributed by atoms with Crippen molar-refractivity contribution in [3.8, 4) is 0 Å². The van der Waals surface area contributed by atoms with Crippen molar-refractivity contribution < 1.29 is 4.79 Å². The summed E-state index contributed by atoms with van der Waals surface area (Å²) in [7, 11) is 3.57. The van der Waals surface area contributed by atoms with Gasteiger partial charge in [-0.1, -0.05) is 6.07 Å². The van der Waals surface area contributed by atoms with Gasteiger partial charge in [-0.25, -0.2) is 5.01 Å². The van der Waals surface area contributed by atoms with Crippen LogP contribution in [0.15, 0.2) is 24.3 Å². The van der Waals surface area contributed by atoms with Crippen LogP contribution in [0, 0.1) is 3.57 Å². The highest BCUT2D eigenvalue weighted by Gasteiger charge is 2.04. The number of carbonyl (C=O) groups is 1. The van der Waals surface area contributed by atoms with Crippen LogP contribution in [0.5, 0.6) is 0 Å². The lowest BCUT2D eigenvalue weighted by molar-refractivity contribution is 0.0857. The minimum absolute atomic E-state index is 0.0801. The largest absolute Gasteiger partial charge is 0.285 e. The molecule has 1 aromatic rings. The molecular weight excluding hydrogens is 279 g/mol. The second-order valence-electron chi connectivity index (χ2n) is 2.85. The number of benzene rings is 1. The smallest absolute Gasteiger partial charge is 0.265 e. The van der Waals surface area contributed by atoms with Crippen molar-refractivity contribution in [3.05, 3.63) is 33.4 Å². The summed E-state index contributed by atoms with van der Waals surface area (Å²) in [5, 5.41) is 1.63. The van der Waals surface area contributed by atoms with E-state index < -0.39 is 0 Å². The minimum Gasteiger partial charge on any atom is -0.285 e. The van der Waals surface area contributed by atoms with E-state index in [1.807, 2.05) is 18.2 Å². The van der Waals surface area contributed by atoms with Gasteiger partial charge in [0, 0.05) is 23.2 Å². The second-order valence-corrected chi connectivity index (χ2v) is 4.09. The van der Waals surface area contributed by atoms with Gasteiger partial charge in [-0.2, -0.15) is 0 Å². The zero-order chi connectivity index (χ0) is 9.84. The van der Waals surface area contributed by atoms with Crippen molar-refractivity contribution in [1.82, 2.24) is 10.4 Å². The molecule has 3 nitrogen and oxygen atoms in total. The number of carbonyl (C=O) groups excluding carboxylic acids is 1. The Morgan fingerprint density at radius 3 is 2.69 bits per heavy atom. The number of amides is 1. The lowest BCUT2D eigenvalue weighted by atomic mass is 10.2. The number of hydrogen-bond donors (Lipinski definition) is 1. The van der Waals surface area contributed by atoms with E-state index in [-0.39, 0.29) is 5.91 Å². The fraction of sp³-hybridized carbons (Fsp3) is 0.222. The predicted molar refractivity (Wildman–Crippen MR) is 60.3 cm³/mol. The van der Waals surface area contributed by atoms with E-state index in [4.69, 9.17) is 0 Å². The Morgan fingerprint density at radius 2 is 2.15 bits per heavy atom. The van der Waals surface area contributed by atoms with Crippen molar-refractivity contribution in [2.24, 2.45) is 0 Å². The molecule has 1 amide bonds. The SMILES string of the molecule is CN(C)NC(=O)c1cccc(I)c1. The van der Waals surface area contributed by atoms with Gasteiger partial charge in [0.15, 0.2) is 0 Å². The molecule has 0 heterocycles. The summed E-state index contributed by atoms with van der Waals surface area (Å²) >= 11 is 2.18. The molecular formula is C9H11IN2O. The summed E-state index contributed by atoms with van der Waals surface area (Å²) in [6, 6.07) is 7.46. The number of halogens is 1. The predicted octanol–water partition coefficient (Wildman–Crippen LogP) is 1.50. The highest BCUT2D eigenvalue weighted by atomic mass is 127. The third-order valence-electron chi connectivity index (χ3n) is 1.41. The van der Waals surface area contributed by atoms with Gasteiger partial charge in [0.1, 0.15) is 0 Å². The molecule has 1 aromatic carbocycles. The summed E-state index contributed by atoms with van der Waals surface area (Å²) in [4.78, 5) is 11.5. The van der Waals surface area contributed by atoms with E-state index >= 15 is 0 Å². The number of rotatable bonds is 2. The first-order valence-electron chi connectivity index (χ1n) is 3.83. The fourth-order valence-electron chi connectivity index (χ4n) is 0.897. The van der Waals surface area contributed by atoms with Gasteiger partial charge in [-0.3, -0.25) is 10.2 Å². The Kier molecular flexibility index (Phi) is 3.68. The third-order valence-corrected chi connectivity index (χ3v) is 2.08. The van der Waals surface area contributed by atoms with E-state index in [1.165, 1.54) is 0 Å². The molecule has 0 bridgehead atoms. The molecule has 0 saturated heterocycles. The molecule has 1 rings (SSSR count). The molecule has 0 aliphatic carbocycles. The molecule has 70 valence electrons. The zero-order valence-electron chi connectivity index (χ0n) is 7.54. The van der Waals surface area contributed by atoms with Gasteiger partial charge >= 0.3 is 0 Å². The van der Waals surface area contributed by atoms with Crippen LogP contribution in [0.25, 0.3) is 0 Å². The Bertz CT molecular complexity index is 312. The molecule has 0 fully saturated rings. The van der Waals surface area contributed by atoms with Crippen LogP contribution in [0.1, 0.15) is 10.4 Å². The van der Waals surface area contributed by atoms with Gasteiger partial charge in [0.05, 0.1) is 0 Å². The number of nitrogens with zero attached hydrogens (tertiary/aromatic N) is 1. The van der Waals surface area contributed by atoms with Crippen LogP contribution in [-0.2, 0) is 0 Å². The maximum atomic E-state index is 11.5. The van der Waals surface area contributed by atoms with E-state index in [9.17, 15) is 4.79 Å². The summed E-state index contributed by atoms with van der Waals surface area (Å²) in [6.45, 7) is 0. The summed E-state index contributed by atoms with van der Waals surface area (Å²) < 4.78 is 1.06. The first-order valence-corrected chi connectivity index (χ1v) is 4.91. The maximum absolute atomic E-state index is 11.5. The molecule has 0 spiro atoms. The zero-order valence-corrected chi connectivity index (χ0v) is 9.70. The Hall–Kier alpha value is -0.620. The quantitative estimate of drug-likeness (QED) is 0.661. The molecule has 4 heteroatoms. The van der Waals surface area contributed by atoms with Crippen LogP contribution in [0.2, 0.25) is 0 Å². The number of hydrogen-bond acceptors (Lipinski definition) is 2. The molecule has 0 unspecified atom stereocenters. The normalized spacial score (nSPS) is 10.2. The molecule has 1 N–H and O–H groups in total.